The van der Waals surface area contributed by atoms with Gasteiger partial charge < -0.3 is 4.74 Å². The summed E-state index contributed by atoms with van der Waals surface area (Å²) in [6.07, 6.45) is 0.228. The molecular formula is C9H18N2O3. The van der Waals surface area contributed by atoms with E-state index in [1.807, 2.05) is 0 Å². The van der Waals surface area contributed by atoms with E-state index in [2.05, 4.69) is 0 Å². The summed E-state index contributed by atoms with van der Waals surface area (Å²) in [5, 5.41) is 3.14. The minimum atomic E-state index is -0.277. The lowest BCUT2D eigenvalue weighted by atomic mass is 10.4. The second-order valence-electron chi connectivity index (χ2n) is 3.04. The van der Waals surface area contributed by atoms with Gasteiger partial charge >= 0.3 is 5.97 Å². The number of rotatable bonds is 5. The Labute approximate surface area is 84.6 Å². The summed E-state index contributed by atoms with van der Waals surface area (Å²) in [5.41, 5.74) is 0. The number of nitrogens with zero attached hydrogens (tertiary/aromatic N) is 2. The average molecular weight is 202 g/mol. The van der Waals surface area contributed by atoms with Crippen LogP contribution in [0.1, 0.15) is 20.3 Å². The maximum absolute atomic E-state index is 11.1. The van der Waals surface area contributed by atoms with Gasteiger partial charge in [0, 0.05) is 27.6 Å². The van der Waals surface area contributed by atoms with Crippen molar-refractivity contribution < 1.29 is 14.3 Å². The van der Waals surface area contributed by atoms with E-state index < -0.39 is 0 Å². The second-order valence-corrected chi connectivity index (χ2v) is 3.04. The summed E-state index contributed by atoms with van der Waals surface area (Å²) >= 11 is 0. The van der Waals surface area contributed by atoms with Gasteiger partial charge in [0.15, 0.2) is 0 Å². The van der Waals surface area contributed by atoms with Crippen molar-refractivity contribution in [3.05, 3.63) is 0 Å². The molecule has 0 radical (unpaired) electrons. The zero-order valence-corrected chi connectivity index (χ0v) is 9.24. The Morgan fingerprint density at radius 3 is 2.21 bits per heavy atom. The van der Waals surface area contributed by atoms with Crippen LogP contribution in [0.4, 0.5) is 0 Å². The number of carbonyl (C=O) groups excluding carboxylic acids is 2. The third-order valence-corrected chi connectivity index (χ3v) is 1.68. The van der Waals surface area contributed by atoms with Crippen molar-refractivity contribution in [1.29, 1.82) is 0 Å². The fraction of sp³-hybridized carbons (Fsp3) is 0.778. The highest BCUT2D eigenvalue weighted by Gasteiger charge is 2.13. The molecule has 0 saturated heterocycles. The Morgan fingerprint density at radius 2 is 1.86 bits per heavy atom. The highest BCUT2D eigenvalue weighted by atomic mass is 16.5. The molecule has 0 atom stereocenters. The molecule has 0 rings (SSSR count). The van der Waals surface area contributed by atoms with Gasteiger partial charge in [0.2, 0.25) is 5.91 Å². The molecule has 82 valence electrons. The van der Waals surface area contributed by atoms with E-state index in [0.29, 0.717) is 13.2 Å². The summed E-state index contributed by atoms with van der Waals surface area (Å²) < 4.78 is 4.76. The van der Waals surface area contributed by atoms with E-state index in [1.54, 1.807) is 26.0 Å². The molecule has 0 heterocycles. The van der Waals surface area contributed by atoms with E-state index in [4.69, 9.17) is 4.74 Å². The molecule has 0 aromatic heterocycles. The van der Waals surface area contributed by atoms with E-state index in [-0.39, 0.29) is 18.3 Å². The zero-order chi connectivity index (χ0) is 11.1. The van der Waals surface area contributed by atoms with E-state index in [9.17, 15) is 9.59 Å². The van der Waals surface area contributed by atoms with Crippen molar-refractivity contribution in [1.82, 2.24) is 10.0 Å². The third kappa shape index (κ3) is 4.81. The number of amides is 1. The first-order valence-electron chi connectivity index (χ1n) is 4.60. The quantitative estimate of drug-likeness (QED) is 0.474. The summed E-state index contributed by atoms with van der Waals surface area (Å²) in [6.45, 7) is 3.96. The van der Waals surface area contributed by atoms with Gasteiger partial charge in [-0.05, 0) is 6.92 Å². The summed E-state index contributed by atoms with van der Waals surface area (Å²) in [6, 6.07) is 0. The Bertz CT molecular complexity index is 204. The first kappa shape index (κ1) is 12.9. The highest BCUT2D eigenvalue weighted by Crippen LogP contribution is 1.96. The summed E-state index contributed by atoms with van der Waals surface area (Å²) in [5.74, 6) is -0.361. The number of ether oxygens (including phenoxy) is 1. The van der Waals surface area contributed by atoms with Crippen molar-refractivity contribution >= 4 is 11.9 Å². The predicted molar refractivity (Wildman–Crippen MR) is 52.3 cm³/mol. The lowest BCUT2D eigenvalue weighted by Gasteiger charge is -2.27. The standard InChI is InChI=1S/C9H18N2O3/c1-5-14-9(13)6-7-11(8(2)12)10(3)4/h5-7H2,1-4H3. The first-order valence-corrected chi connectivity index (χ1v) is 4.60. The van der Waals surface area contributed by atoms with Gasteiger partial charge in [0.05, 0.1) is 13.0 Å². The maximum Gasteiger partial charge on any atom is 0.307 e. The molecule has 0 unspecified atom stereocenters. The number of hydrogen-bond donors (Lipinski definition) is 0. The molecule has 5 heteroatoms. The number of esters is 1. The molecule has 0 aliphatic heterocycles. The van der Waals surface area contributed by atoms with Gasteiger partial charge in [0.1, 0.15) is 0 Å². The monoisotopic (exact) mass is 202 g/mol. The molecular weight excluding hydrogens is 184 g/mol. The molecule has 0 aromatic rings. The van der Waals surface area contributed by atoms with Gasteiger partial charge in [-0.15, -0.1) is 0 Å². The van der Waals surface area contributed by atoms with Crippen molar-refractivity contribution in [2.75, 3.05) is 27.2 Å². The zero-order valence-electron chi connectivity index (χ0n) is 9.24. The fourth-order valence-corrected chi connectivity index (χ4v) is 1.07. The Balaban J connectivity index is 3.94. The highest BCUT2D eigenvalue weighted by molar-refractivity contribution is 5.74. The number of hydrogen-bond acceptors (Lipinski definition) is 4. The Morgan fingerprint density at radius 1 is 1.29 bits per heavy atom. The molecule has 0 aliphatic carbocycles. The van der Waals surface area contributed by atoms with Crippen LogP contribution in [0.25, 0.3) is 0 Å². The molecule has 0 spiro atoms. The van der Waals surface area contributed by atoms with Crippen LogP contribution in [-0.4, -0.2) is 49.1 Å². The van der Waals surface area contributed by atoms with Gasteiger partial charge in [-0.1, -0.05) is 0 Å². The summed E-state index contributed by atoms with van der Waals surface area (Å²) in [7, 11) is 3.51. The maximum atomic E-state index is 11.1. The topological polar surface area (TPSA) is 49.9 Å². The minimum absolute atomic E-state index is 0.0840. The van der Waals surface area contributed by atoms with Gasteiger partial charge in [-0.3, -0.25) is 14.6 Å². The van der Waals surface area contributed by atoms with Crippen molar-refractivity contribution in [3.63, 3.8) is 0 Å². The molecule has 0 aliphatic rings. The van der Waals surface area contributed by atoms with Crippen LogP contribution in [0.5, 0.6) is 0 Å². The van der Waals surface area contributed by atoms with Crippen LogP contribution in [0.15, 0.2) is 0 Å². The second kappa shape index (κ2) is 6.37. The molecule has 0 aromatic carbocycles. The predicted octanol–water partition coefficient (Wildman–Crippen LogP) is 0.265. The van der Waals surface area contributed by atoms with Crippen LogP contribution < -0.4 is 0 Å². The summed E-state index contributed by atoms with van der Waals surface area (Å²) in [4.78, 5) is 22.1. The molecule has 1 amide bonds. The fourth-order valence-electron chi connectivity index (χ4n) is 1.07. The van der Waals surface area contributed by atoms with Crippen molar-refractivity contribution in [3.8, 4) is 0 Å². The number of carbonyl (C=O) groups is 2. The SMILES string of the molecule is CCOC(=O)CCN(C(C)=O)N(C)C. The van der Waals surface area contributed by atoms with Crippen LogP contribution >= 0.6 is 0 Å². The Hall–Kier alpha value is -1.10. The average Bonchev–Trinajstić information content (AvgIpc) is 2.03. The first-order chi connectivity index (χ1) is 6.49. The van der Waals surface area contributed by atoms with Crippen LogP contribution in [0.2, 0.25) is 0 Å². The largest absolute Gasteiger partial charge is 0.466 e. The minimum Gasteiger partial charge on any atom is -0.466 e. The normalized spacial score (nSPS) is 10.1. The van der Waals surface area contributed by atoms with Gasteiger partial charge in [-0.25, -0.2) is 5.01 Å². The molecule has 0 bridgehead atoms. The van der Waals surface area contributed by atoms with E-state index in [1.165, 1.54) is 11.9 Å². The number of hydrazine groups is 1. The van der Waals surface area contributed by atoms with Gasteiger partial charge in [0.25, 0.3) is 0 Å². The van der Waals surface area contributed by atoms with E-state index in [0.717, 1.165) is 0 Å². The van der Waals surface area contributed by atoms with Crippen LogP contribution in [0, 0.1) is 0 Å². The smallest absolute Gasteiger partial charge is 0.307 e. The molecule has 0 N–H and O–H groups in total. The third-order valence-electron chi connectivity index (χ3n) is 1.68. The van der Waals surface area contributed by atoms with Gasteiger partial charge in [-0.2, -0.15) is 0 Å². The van der Waals surface area contributed by atoms with E-state index >= 15 is 0 Å². The molecule has 0 saturated carbocycles. The van der Waals surface area contributed by atoms with Crippen molar-refractivity contribution in [2.45, 2.75) is 20.3 Å². The lowest BCUT2D eigenvalue weighted by Crippen LogP contribution is -2.41. The van der Waals surface area contributed by atoms with Crippen LogP contribution in [-0.2, 0) is 14.3 Å². The molecule has 0 fully saturated rings. The Kier molecular flexibility index (Phi) is 5.87. The van der Waals surface area contributed by atoms with Crippen molar-refractivity contribution in [2.24, 2.45) is 0 Å². The lowest BCUT2D eigenvalue weighted by molar-refractivity contribution is -0.148. The van der Waals surface area contributed by atoms with Crippen LogP contribution in [0.3, 0.4) is 0 Å². The molecule has 14 heavy (non-hydrogen) atoms. The molecule has 5 nitrogen and oxygen atoms in total.